The van der Waals surface area contributed by atoms with E-state index in [2.05, 4.69) is 47.4 Å². The molecule has 0 saturated carbocycles. The number of aryl methyl sites for hydroxylation is 1. The van der Waals surface area contributed by atoms with Gasteiger partial charge in [-0.25, -0.2) is 5.43 Å². The third-order valence-electron chi connectivity index (χ3n) is 3.14. The second-order valence-corrected chi connectivity index (χ2v) is 4.61. The Bertz CT molecular complexity index is 388. The molecule has 0 aromatic heterocycles. The lowest BCUT2D eigenvalue weighted by Gasteiger charge is -2.19. The van der Waals surface area contributed by atoms with Crippen molar-refractivity contribution in [1.29, 1.82) is 0 Å². The van der Waals surface area contributed by atoms with Gasteiger partial charge in [-0.15, -0.1) is 0 Å². The molecular weight excluding hydrogens is 214 g/mol. The fourth-order valence-electron chi connectivity index (χ4n) is 2.13. The first kappa shape index (κ1) is 12.1. The van der Waals surface area contributed by atoms with Gasteiger partial charge in [-0.1, -0.05) is 29.8 Å². The van der Waals surface area contributed by atoms with Gasteiger partial charge in [-0.2, -0.15) is 0 Å². The maximum Gasteiger partial charge on any atom is 0.216 e. The van der Waals surface area contributed by atoms with Gasteiger partial charge in [0.1, 0.15) is 0 Å². The molecule has 1 aliphatic rings. The first-order valence-electron chi connectivity index (χ1n) is 5.96. The molecule has 3 N–H and O–H groups in total. The van der Waals surface area contributed by atoms with Crippen LogP contribution in [0.3, 0.4) is 0 Å². The van der Waals surface area contributed by atoms with E-state index in [4.69, 9.17) is 0 Å². The highest BCUT2D eigenvalue weighted by atomic mass is 16.1. The molecule has 1 amide bonds. The number of carbonyl (C=O) groups excluding carboxylic acids is 1. The highest BCUT2D eigenvalue weighted by Gasteiger charge is 2.27. The molecule has 1 aromatic carbocycles. The molecule has 4 heteroatoms. The number of carbonyl (C=O) groups is 1. The van der Waals surface area contributed by atoms with Gasteiger partial charge in [0.25, 0.3) is 0 Å². The number of nitrogens with one attached hydrogen (secondary N) is 3. The zero-order chi connectivity index (χ0) is 12.3. The minimum absolute atomic E-state index is 0.0274. The van der Waals surface area contributed by atoms with Crippen LogP contribution in [0.2, 0.25) is 0 Å². The molecule has 0 radical (unpaired) electrons. The molecule has 1 aromatic rings. The van der Waals surface area contributed by atoms with Crippen LogP contribution in [-0.2, 0) is 4.79 Å². The van der Waals surface area contributed by atoms with E-state index in [0.29, 0.717) is 12.5 Å². The maximum absolute atomic E-state index is 10.9. The predicted octanol–water partition coefficient (Wildman–Crippen LogP) is 0.896. The summed E-state index contributed by atoms with van der Waals surface area (Å²) in [7, 11) is 0. The smallest absolute Gasteiger partial charge is 0.216 e. The van der Waals surface area contributed by atoms with E-state index in [1.807, 2.05) is 0 Å². The van der Waals surface area contributed by atoms with Gasteiger partial charge in [0.15, 0.2) is 0 Å². The summed E-state index contributed by atoms with van der Waals surface area (Å²) in [6.07, 6.45) is 0. The molecule has 0 spiro atoms. The molecule has 2 atom stereocenters. The summed E-state index contributed by atoms with van der Waals surface area (Å²) in [5.74, 6) is 0.418. The summed E-state index contributed by atoms with van der Waals surface area (Å²) in [4.78, 5) is 10.9. The maximum atomic E-state index is 10.9. The monoisotopic (exact) mass is 233 g/mol. The average Bonchev–Trinajstić information content (AvgIpc) is 2.75. The van der Waals surface area contributed by atoms with E-state index in [0.717, 1.165) is 6.54 Å². The van der Waals surface area contributed by atoms with E-state index < -0.39 is 0 Å². The Labute approximate surface area is 102 Å². The van der Waals surface area contributed by atoms with Crippen LogP contribution in [0.5, 0.6) is 0 Å². The van der Waals surface area contributed by atoms with Crippen LogP contribution >= 0.6 is 0 Å². The molecule has 2 rings (SSSR count). The fourth-order valence-corrected chi connectivity index (χ4v) is 2.13. The van der Waals surface area contributed by atoms with Crippen LogP contribution in [0.25, 0.3) is 0 Å². The summed E-state index contributed by atoms with van der Waals surface area (Å²) < 4.78 is 0. The molecule has 1 fully saturated rings. The predicted molar refractivity (Wildman–Crippen MR) is 67.2 cm³/mol. The Balaban J connectivity index is 2.03. The SMILES string of the molecule is CC(=O)NCC1CNNC1c1ccc(C)cc1. The topological polar surface area (TPSA) is 53.2 Å². The lowest BCUT2D eigenvalue weighted by Crippen LogP contribution is -2.31. The molecule has 4 nitrogen and oxygen atoms in total. The van der Waals surface area contributed by atoms with Crippen LogP contribution in [0.15, 0.2) is 24.3 Å². The first-order chi connectivity index (χ1) is 8.16. The van der Waals surface area contributed by atoms with Crippen LogP contribution in [0.1, 0.15) is 24.1 Å². The summed E-state index contributed by atoms with van der Waals surface area (Å²) in [5, 5.41) is 2.88. The van der Waals surface area contributed by atoms with Crippen LogP contribution in [0, 0.1) is 12.8 Å². The molecule has 2 unspecified atom stereocenters. The molecule has 1 heterocycles. The number of hydrazine groups is 1. The van der Waals surface area contributed by atoms with Crippen molar-refractivity contribution in [2.24, 2.45) is 5.92 Å². The van der Waals surface area contributed by atoms with Crippen LogP contribution in [-0.4, -0.2) is 19.0 Å². The Morgan fingerprint density at radius 1 is 1.41 bits per heavy atom. The van der Waals surface area contributed by atoms with E-state index in [9.17, 15) is 4.79 Å². The van der Waals surface area contributed by atoms with Gasteiger partial charge >= 0.3 is 0 Å². The lowest BCUT2D eigenvalue weighted by atomic mass is 9.94. The van der Waals surface area contributed by atoms with Crippen molar-refractivity contribution >= 4 is 5.91 Å². The zero-order valence-corrected chi connectivity index (χ0v) is 10.3. The minimum atomic E-state index is 0.0274. The molecule has 1 saturated heterocycles. The molecule has 17 heavy (non-hydrogen) atoms. The first-order valence-corrected chi connectivity index (χ1v) is 5.96. The van der Waals surface area contributed by atoms with Gasteiger partial charge in [-0.3, -0.25) is 10.2 Å². The van der Waals surface area contributed by atoms with Gasteiger partial charge in [-0.05, 0) is 12.5 Å². The molecular formula is C13H19N3O. The van der Waals surface area contributed by atoms with Gasteiger partial charge in [0, 0.05) is 25.9 Å². The summed E-state index contributed by atoms with van der Waals surface area (Å²) in [6.45, 7) is 5.21. The molecule has 0 bridgehead atoms. The van der Waals surface area contributed by atoms with Crippen molar-refractivity contribution in [3.8, 4) is 0 Å². The third-order valence-corrected chi connectivity index (χ3v) is 3.14. The Morgan fingerprint density at radius 2 is 2.12 bits per heavy atom. The van der Waals surface area contributed by atoms with E-state index in [-0.39, 0.29) is 11.9 Å². The average molecular weight is 233 g/mol. The van der Waals surface area contributed by atoms with E-state index >= 15 is 0 Å². The van der Waals surface area contributed by atoms with Crippen LogP contribution < -0.4 is 16.2 Å². The van der Waals surface area contributed by atoms with Crippen molar-refractivity contribution in [2.75, 3.05) is 13.1 Å². The van der Waals surface area contributed by atoms with Crippen molar-refractivity contribution < 1.29 is 4.79 Å². The Morgan fingerprint density at radius 3 is 2.76 bits per heavy atom. The molecule has 1 aliphatic heterocycles. The summed E-state index contributed by atoms with van der Waals surface area (Å²) >= 11 is 0. The highest BCUT2D eigenvalue weighted by Crippen LogP contribution is 2.24. The minimum Gasteiger partial charge on any atom is -0.356 e. The van der Waals surface area contributed by atoms with Gasteiger partial charge in [0.05, 0.1) is 6.04 Å². The quantitative estimate of drug-likeness (QED) is 0.727. The number of hydrogen-bond acceptors (Lipinski definition) is 3. The van der Waals surface area contributed by atoms with E-state index in [1.165, 1.54) is 11.1 Å². The van der Waals surface area contributed by atoms with Crippen molar-refractivity contribution in [3.63, 3.8) is 0 Å². The van der Waals surface area contributed by atoms with Gasteiger partial charge in [0.2, 0.25) is 5.91 Å². The normalized spacial score (nSPS) is 23.6. The summed E-state index contributed by atoms with van der Waals surface area (Å²) in [5.41, 5.74) is 8.95. The van der Waals surface area contributed by atoms with Crippen molar-refractivity contribution in [2.45, 2.75) is 19.9 Å². The largest absolute Gasteiger partial charge is 0.356 e. The standard InChI is InChI=1S/C13H19N3O/c1-9-3-5-11(6-4-9)13-12(8-15-16-13)7-14-10(2)17/h3-6,12-13,15-16H,7-8H2,1-2H3,(H,14,17). The molecule has 92 valence electrons. The Kier molecular flexibility index (Phi) is 3.76. The molecule has 0 aliphatic carbocycles. The fraction of sp³-hybridized carbons (Fsp3) is 0.462. The number of benzene rings is 1. The zero-order valence-electron chi connectivity index (χ0n) is 10.3. The van der Waals surface area contributed by atoms with Gasteiger partial charge < -0.3 is 5.32 Å². The second kappa shape index (κ2) is 5.29. The number of rotatable bonds is 3. The summed E-state index contributed by atoms with van der Waals surface area (Å²) in [6, 6.07) is 8.78. The van der Waals surface area contributed by atoms with Crippen molar-refractivity contribution in [3.05, 3.63) is 35.4 Å². The van der Waals surface area contributed by atoms with E-state index in [1.54, 1.807) is 6.92 Å². The Hall–Kier alpha value is -1.39. The van der Waals surface area contributed by atoms with Crippen LogP contribution in [0.4, 0.5) is 0 Å². The second-order valence-electron chi connectivity index (χ2n) is 4.61. The van der Waals surface area contributed by atoms with Crippen molar-refractivity contribution in [1.82, 2.24) is 16.2 Å². The third kappa shape index (κ3) is 3.05. The highest BCUT2D eigenvalue weighted by molar-refractivity contribution is 5.72. The number of amides is 1. The number of hydrogen-bond donors (Lipinski definition) is 3. The lowest BCUT2D eigenvalue weighted by molar-refractivity contribution is -0.119.